The van der Waals surface area contributed by atoms with Crippen molar-refractivity contribution in [1.82, 2.24) is 15.2 Å². The third-order valence-electron chi connectivity index (χ3n) is 3.40. The summed E-state index contributed by atoms with van der Waals surface area (Å²) < 4.78 is 37.2. The van der Waals surface area contributed by atoms with Crippen molar-refractivity contribution in [2.24, 2.45) is 0 Å². The first-order chi connectivity index (χ1) is 9.88. The van der Waals surface area contributed by atoms with Gasteiger partial charge in [-0.3, -0.25) is 9.69 Å². The summed E-state index contributed by atoms with van der Waals surface area (Å²) in [6.45, 7) is 4.94. The Hall–Kier alpha value is -1.67. The first-order valence-electron chi connectivity index (χ1n) is 6.67. The van der Waals surface area contributed by atoms with Crippen LogP contribution in [0.4, 0.5) is 18.9 Å². The summed E-state index contributed by atoms with van der Waals surface area (Å²) >= 11 is 0. The first-order valence-corrected chi connectivity index (χ1v) is 6.67. The third-order valence-corrected chi connectivity index (χ3v) is 3.40. The summed E-state index contributed by atoms with van der Waals surface area (Å²) in [6.07, 6.45) is -3.46. The molecular weight excluding hydrogens is 285 g/mol. The summed E-state index contributed by atoms with van der Waals surface area (Å²) in [6, 6.07) is 1.72. The predicted molar refractivity (Wildman–Crippen MR) is 71.8 cm³/mol. The molecule has 1 aliphatic rings. The van der Waals surface area contributed by atoms with Gasteiger partial charge < -0.3 is 10.6 Å². The molecule has 116 valence electrons. The Labute approximate surface area is 120 Å². The summed E-state index contributed by atoms with van der Waals surface area (Å²) in [5.41, 5.74) is -0.717. The Bertz CT molecular complexity index is 483. The number of aromatic nitrogens is 1. The standard InChI is InChI=1S/C13H17F3N4O/c1-9(20-6-4-17-5-7-20)12(21)19-10-2-3-11(18-8-10)13(14,15)16/h2-3,8-9,17H,4-7H2,1H3,(H,19,21). The minimum Gasteiger partial charge on any atom is -0.323 e. The molecule has 0 radical (unpaired) electrons. The maximum Gasteiger partial charge on any atom is 0.433 e. The molecule has 0 aliphatic carbocycles. The number of alkyl halides is 3. The second kappa shape index (κ2) is 6.40. The molecule has 1 aromatic rings. The van der Waals surface area contributed by atoms with E-state index < -0.39 is 11.9 Å². The van der Waals surface area contributed by atoms with E-state index in [0.29, 0.717) is 0 Å². The van der Waals surface area contributed by atoms with Gasteiger partial charge in [0.1, 0.15) is 5.69 Å². The molecule has 0 aromatic carbocycles. The average Bonchev–Trinajstić information content (AvgIpc) is 2.47. The minimum absolute atomic E-state index is 0.251. The van der Waals surface area contributed by atoms with Gasteiger partial charge in [0.25, 0.3) is 0 Å². The molecule has 1 aliphatic heterocycles. The number of carbonyl (C=O) groups excluding carboxylic acids is 1. The number of carbonyl (C=O) groups is 1. The van der Waals surface area contributed by atoms with E-state index in [1.165, 1.54) is 6.07 Å². The van der Waals surface area contributed by atoms with Crippen LogP contribution in [-0.4, -0.2) is 48.0 Å². The molecule has 2 N–H and O–H groups in total. The van der Waals surface area contributed by atoms with E-state index in [4.69, 9.17) is 0 Å². The Morgan fingerprint density at radius 1 is 1.38 bits per heavy atom. The second-order valence-corrected chi connectivity index (χ2v) is 4.88. The van der Waals surface area contributed by atoms with Gasteiger partial charge in [-0.25, -0.2) is 4.98 Å². The summed E-state index contributed by atoms with van der Waals surface area (Å²) in [7, 11) is 0. The van der Waals surface area contributed by atoms with Crippen LogP contribution in [0.3, 0.4) is 0 Å². The van der Waals surface area contributed by atoms with E-state index in [1.54, 1.807) is 6.92 Å². The van der Waals surface area contributed by atoms with Gasteiger partial charge in [-0.2, -0.15) is 13.2 Å². The first kappa shape index (κ1) is 15.7. The van der Waals surface area contributed by atoms with E-state index in [-0.39, 0.29) is 17.6 Å². The lowest BCUT2D eigenvalue weighted by Crippen LogP contribution is -2.51. The molecule has 1 amide bonds. The molecule has 1 aromatic heterocycles. The zero-order valence-electron chi connectivity index (χ0n) is 11.6. The molecule has 1 unspecified atom stereocenters. The zero-order chi connectivity index (χ0) is 15.5. The highest BCUT2D eigenvalue weighted by Gasteiger charge is 2.32. The third kappa shape index (κ3) is 4.15. The van der Waals surface area contributed by atoms with E-state index in [2.05, 4.69) is 15.6 Å². The number of piperazine rings is 1. The molecule has 1 saturated heterocycles. The van der Waals surface area contributed by atoms with Gasteiger partial charge in [0.15, 0.2) is 0 Å². The molecule has 21 heavy (non-hydrogen) atoms. The van der Waals surface area contributed by atoms with Gasteiger partial charge in [0.05, 0.1) is 17.9 Å². The van der Waals surface area contributed by atoms with Crippen molar-refractivity contribution >= 4 is 11.6 Å². The highest BCUT2D eigenvalue weighted by molar-refractivity contribution is 5.94. The van der Waals surface area contributed by atoms with Crippen LogP contribution in [0.2, 0.25) is 0 Å². The molecule has 0 bridgehead atoms. The topological polar surface area (TPSA) is 57.3 Å². The molecule has 2 rings (SSSR count). The van der Waals surface area contributed by atoms with Crippen molar-refractivity contribution in [3.63, 3.8) is 0 Å². The smallest absolute Gasteiger partial charge is 0.323 e. The largest absolute Gasteiger partial charge is 0.433 e. The van der Waals surface area contributed by atoms with E-state index >= 15 is 0 Å². The molecule has 0 saturated carbocycles. The fourth-order valence-electron chi connectivity index (χ4n) is 2.12. The van der Waals surface area contributed by atoms with E-state index in [9.17, 15) is 18.0 Å². The molecular formula is C13H17F3N4O. The Morgan fingerprint density at radius 2 is 2.05 bits per heavy atom. The molecule has 1 fully saturated rings. The normalized spacial score (nSPS) is 18.3. The van der Waals surface area contributed by atoms with Crippen LogP contribution in [0.5, 0.6) is 0 Å². The number of nitrogens with one attached hydrogen (secondary N) is 2. The lowest BCUT2D eigenvalue weighted by molar-refractivity contribution is -0.141. The highest BCUT2D eigenvalue weighted by Crippen LogP contribution is 2.27. The maximum absolute atomic E-state index is 12.4. The average molecular weight is 302 g/mol. The summed E-state index contributed by atoms with van der Waals surface area (Å²) in [5, 5.41) is 5.78. The zero-order valence-corrected chi connectivity index (χ0v) is 11.6. The fraction of sp³-hybridized carbons (Fsp3) is 0.538. The van der Waals surface area contributed by atoms with Gasteiger partial charge in [-0.05, 0) is 19.1 Å². The lowest BCUT2D eigenvalue weighted by Gasteiger charge is -2.31. The van der Waals surface area contributed by atoms with Crippen LogP contribution in [0.1, 0.15) is 12.6 Å². The van der Waals surface area contributed by atoms with Gasteiger partial charge in [-0.15, -0.1) is 0 Å². The molecule has 5 nitrogen and oxygen atoms in total. The number of nitrogens with zero attached hydrogens (tertiary/aromatic N) is 2. The van der Waals surface area contributed by atoms with Crippen molar-refractivity contribution in [1.29, 1.82) is 0 Å². The number of halogens is 3. The molecule has 0 spiro atoms. The van der Waals surface area contributed by atoms with Crippen molar-refractivity contribution in [3.8, 4) is 0 Å². The second-order valence-electron chi connectivity index (χ2n) is 4.88. The number of hydrogen-bond acceptors (Lipinski definition) is 4. The highest BCUT2D eigenvalue weighted by atomic mass is 19.4. The monoisotopic (exact) mass is 302 g/mol. The van der Waals surface area contributed by atoms with E-state index in [0.717, 1.165) is 38.4 Å². The number of rotatable bonds is 3. The SMILES string of the molecule is CC(C(=O)Nc1ccc(C(F)(F)F)nc1)N1CCNCC1. The van der Waals surface area contributed by atoms with Crippen LogP contribution in [-0.2, 0) is 11.0 Å². The Balaban J connectivity index is 1.95. The predicted octanol–water partition coefficient (Wildman–Crippen LogP) is 1.33. The number of pyridine rings is 1. The lowest BCUT2D eigenvalue weighted by atomic mass is 10.2. The fourth-order valence-corrected chi connectivity index (χ4v) is 2.12. The Morgan fingerprint density at radius 3 is 2.57 bits per heavy atom. The van der Waals surface area contributed by atoms with Gasteiger partial charge in [-0.1, -0.05) is 0 Å². The van der Waals surface area contributed by atoms with Crippen molar-refractivity contribution in [2.45, 2.75) is 19.1 Å². The van der Waals surface area contributed by atoms with Crippen LogP contribution in [0, 0.1) is 0 Å². The summed E-state index contributed by atoms with van der Waals surface area (Å²) in [5.74, 6) is -0.251. The van der Waals surface area contributed by atoms with Crippen LogP contribution in [0.25, 0.3) is 0 Å². The van der Waals surface area contributed by atoms with Gasteiger partial charge in [0, 0.05) is 26.2 Å². The molecule has 1 atom stereocenters. The molecule has 8 heteroatoms. The molecule has 2 heterocycles. The van der Waals surface area contributed by atoms with Crippen LogP contribution < -0.4 is 10.6 Å². The van der Waals surface area contributed by atoms with Gasteiger partial charge >= 0.3 is 6.18 Å². The summed E-state index contributed by atoms with van der Waals surface area (Å²) in [4.78, 5) is 17.4. The van der Waals surface area contributed by atoms with Gasteiger partial charge in [0.2, 0.25) is 5.91 Å². The number of anilines is 1. The van der Waals surface area contributed by atoms with Crippen LogP contribution >= 0.6 is 0 Å². The van der Waals surface area contributed by atoms with E-state index in [1.807, 2.05) is 4.90 Å². The number of amides is 1. The van der Waals surface area contributed by atoms with Crippen molar-refractivity contribution < 1.29 is 18.0 Å². The van der Waals surface area contributed by atoms with Crippen LogP contribution in [0.15, 0.2) is 18.3 Å². The maximum atomic E-state index is 12.4. The quantitative estimate of drug-likeness (QED) is 0.884. The van der Waals surface area contributed by atoms with Crippen molar-refractivity contribution in [3.05, 3.63) is 24.0 Å². The number of hydrogen-bond donors (Lipinski definition) is 2. The minimum atomic E-state index is -4.48. The Kier molecular flexibility index (Phi) is 4.79. The van der Waals surface area contributed by atoms with Crippen molar-refractivity contribution in [2.75, 3.05) is 31.5 Å².